The fourth-order valence-corrected chi connectivity index (χ4v) is 3.05. The maximum Gasteiger partial charge on any atom is 0.222 e. The Labute approximate surface area is 82.8 Å². The summed E-state index contributed by atoms with van der Waals surface area (Å²) in [6.07, 6.45) is 1.91. The lowest BCUT2D eigenvalue weighted by Gasteiger charge is -2.40. The van der Waals surface area contributed by atoms with Crippen LogP contribution in [0.4, 0.5) is 0 Å². The van der Waals surface area contributed by atoms with Gasteiger partial charge in [-0.2, -0.15) is 0 Å². The number of piperidine rings is 1. The molecule has 3 aliphatic rings. The van der Waals surface area contributed by atoms with Crippen LogP contribution < -0.4 is 0 Å². The van der Waals surface area contributed by atoms with E-state index in [-0.39, 0.29) is 18.1 Å². The summed E-state index contributed by atoms with van der Waals surface area (Å²) in [4.78, 5) is 13.4. The lowest BCUT2D eigenvalue weighted by molar-refractivity contribution is -0.140. The van der Waals surface area contributed by atoms with Gasteiger partial charge in [-0.1, -0.05) is 0 Å². The van der Waals surface area contributed by atoms with Gasteiger partial charge in [0, 0.05) is 25.5 Å². The average Bonchev–Trinajstić information content (AvgIpc) is 2.75. The molecule has 4 heteroatoms. The van der Waals surface area contributed by atoms with Crippen LogP contribution in [0, 0.1) is 5.92 Å². The van der Waals surface area contributed by atoms with E-state index in [0.29, 0.717) is 12.3 Å². The van der Waals surface area contributed by atoms with Crippen molar-refractivity contribution in [1.82, 2.24) is 4.90 Å². The van der Waals surface area contributed by atoms with Crippen molar-refractivity contribution in [2.24, 2.45) is 5.92 Å². The van der Waals surface area contributed by atoms with Gasteiger partial charge in [0.15, 0.2) is 0 Å². The van der Waals surface area contributed by atoms with Gasteiger partial charge in [-0.05, 0) is 12.8 Å². The zero-order chi connectivity index (χ0) is 9.71. The van der Waals surface area contributed by atoms with Crippen LogP contribution in [-0.4, -0.2) is 47.3 Å². The molecule has 1 N–H and O–H groups in total. The predicted octanol–water partition coefficient (Wildman–Crippen LogP) is -0.243. The van der Waals surface area contributed by atoms with Gasteiger partial charge in [0.2, 0.25) is 5.91 Å². The predicted molar refractivity (Wildman–Crippen MR) is 48.6 cm³/mol. The van der Waals surface area contributed by atoms with Crippen molar-refractivity contribution in [1.29, 1.82) is 0 Å². The number of nitrogens with zero attached hydrogens (tertiary/aromatic N) is 1. The van der Waals surface area contributed by atoms with Crippen molar-refractivity contribution in [2.45, 2.75) is 37.5 Å². The molecule has 0 unspecified atom stereocenters. The molecule has 4 nitrogen and oxygen atoms in total. The molecule has 1 amide bonds. The van der Waals surface area contributed by atoms with E-state index in [0.717, 1.165) is 26.0 Å². The Hall–Kier alpha value is -0.610. The van der Waals surface area contributed by atoms with Crippen molar-refractivity contribution < 1.29 is 14.6 Å². The van der Waals surface area contributed by atoms with Crippen LogP contribution >= 0.6 is 0 Å². The molecule has 0 saturated carbocycles. The minimum atomic E-state index is -0.456. The molecule has 0 aromatic carbocycles. The highest BCUT2D eigenvalue weighted by Gasteiger charge is 2.49. The number of hydrogen-bond acceptors (Lipinski definition) is 3. The number of fused-ring (bicyclic) bond motifs is 2. The highest BCUT2D eigenvalue weighted by Crippen LogP contribution is 2.36. The number of aliphatic hydroxyl groups excluding tert-OH is 1. The Balaban J connectivity index is 1.86. The lowest BCUT2D eigenvalue weighted by Crippen LogP contribution is -2.56. The van der Waals surface area contributed by atoms with E-state index in [1.807, 2.05) is 4.90 Å². The number of rotatable bonds is 0. The first-order valence-electron chi connectivity index (χ1n) is 5.36. The largest absolute Gasteiger partial charge is 0.388 e. The van der Waals surface area contributed by atoms with Gasteiger partial charge in [-0.25, -0.2) is 0 Å². The molecule has 0 aliphatic carbocycles. The molecular formula is C10H15NO3. The molecule has 0 spiro atoms. The van der Waals surface area contributed by atoms with E-state index >= 15 is 0 Å². The first-order valence-corrected chi connectivity index (χ1v) is 5.36. The Morgan fingerprint density at radius 2 is 2.29 bits per heavy atom. The van der Waals surface area contributed by atoms with Gasteiger partial charge in [0.25, 0.3) is 0 Å². The fourth-order valence-electron chi connectivity index (χ4n) is 3.05. The Kier molecular flexibility index (Phi) is 1.82. The highest BCUT2D eigenvalue weighted by molar-refractivity contribution is 5.79. The van der Waals surface area contributed by atoms with Gasteiger partial charge in [0.05, 0.1) is 12.1 Å². The summed E-state index contributed by atoms with van der Waals surface area (Å²) < 4.78 is 5.52. The Morgan fingerprint density at radius 3 is 3.14 bits per heavy atom. The third-order valence-corrected chi connectivity index (χ3v) is 3.80. The van der Waals surface area contributed by atoms with Crippen LogP contribution in [0.3, 0.4) is 0 Å². The van der Waals surface area contributed by atoms with Crippen molar-refractivity contribution in [3.63, 3.8) is 0 Å². The van der Waals surface area contributed by atoms with E-state index in [2.05, 4.69) is 0 Å². The summed E-state index contributed by atoms with van der Waals surface area (Å²) in [6.45, 7) is 1.53. The summed E-state index contributed by atoms with van der Waals surface area (Å²) in [5.41, 5.74) is 0. The summed E-state index contributed by atoms with van der Waals surface area (Å²) >= 11 is 0. The van der Waals surface area contributed by atoms with Crippen LogP contribution in [0.2, 0.25) is 0 Å². The number of aliphatic hydroxyl groups is 1. The zero-order valence-electron chi connectivity index (χ0n) is 8.06. The molecular weight excluding hydrogens is 182 g/mol. The quantitative estimate of drug-likeness (QED) is 0.583. The molecule has 4 atom stereocenters. The maximum atomic E-state index is 11.5. The summed E-state index contributed by atoms with van der Waals surface area (Å²) in [5, 5.41) is 10.0. The molecule has 0 aromatic rings. The van der Waals surface area contributed by atoms with Crippen molar-refractivity contribution in [3.8, 4) is 0 Å². The number of amides is 1. The molecule has 3 aliphatic heterocycles. The van der Waals surface area contributed by atoms with Crippen LogP contribution in [0.15, 0.2) is 0 Å². The zero-order valence-corrected chi connectivity index (χ0v) is 8.06. The van der Waals surface area contributed by atoms with E-state index in [1.165, 1.54) is 0 Å². The molecule has 3 rings (SSSR count). The van der Waals surface area contributed by atoms with Gasteiger partial charge in [-0.3, -0.25) is 4.79 Å². The highest BCUT2D eigenvalue weighted by atomic mass is 16.5. The smallest absolute Gasteiger partial charge is 0.222 e. The van der Waals surface area contributed by atoms with Crippen molar-refractivity contribution in [2.75, 3.05) is 13.2 Å². The molecule has 3 heterocycles. The first-order chi connectivity index (χ1) is 6.77. The Morgan fingerprint density at radius 1 is 1.43 bits per heavy atom. The van der Waals surface area contributed by atoms with E-state index < -0.39 is 6.10 Å². The minimum Gasteiger partial charge on any atom is -0.388 e. The minimum absolute atomic E-state index is 0.0119. The third-order valence-electron chi connectivity index (χ3n) is 3.80. The monoisotopic (exact) mass is 197 g/mol. The second-order valence-electron chi connectivity index (χ2n) is 4.53. The number of hydrogen-bond donors (Lipinski definition) is 1. The van der Waals surface area contributed by atoms with Crippen LogP contribution in [0.1, 0.15) is 19.3 Å². The van der Waals surface area contributed by atoms with E-state index in [9.17, 15) is 9.90 Å². The van der Waals surface area contributed by atoms with Gasteiger partial charge in [-0.15, -0.1) is 0 Å². The molecule has 3 saturated heterocycles. The maximum absolute atomic E-state index is 11.5. The average molecular weight is 197 g/mol. The van der Waals surface area contributed by atoms with Gasteiger partial charge in [0.1, 0.15) is 6.10 Å². The standard InChI is InChI=1S/C10H15NO3/c12-8-2-1-7-9(13)10-6(3-4-14-10)5-11(7)8/h6-7,9-10,13H,1-5H2/t6-,7-,9+,10-/m0/s1. The summed E-state index contributed by atoms with van der Waals surface area (Å²) in [7, 11) is 0. The molecule has 14 heavy (non-hydrogen) atoms. The lowest BCUT2D eigenvalue weighted by atomic mass is 9.87. The second kappa shape index (κ2) is 2.94. The fraction of sp³-hybridized carbons (Fsp3) is 0.900. The van der Waals surface area contributed by atoms with Gasteiger partial charge < -0.3 is 14.7 Å². The third kappa shape index (κ3) is 1.04. The van der Waals surface area contributed by atoms with Crippen LogP contribution in [0.25, 0.3) is 0 Å². The number of carbonyl (C=O) groups is 1. The SMILES string of the molecule is O=C1CC[C@H]2[C@@H](O)[C@H]3OCC[C@H]3CN12. The van der Waals surface area contributed by atoms with Crippen LogP contribution in [0.5, 0.6) is 0 Å². The normalized spacial score (nSPS) is 46.6. The number of carbonyl (C=O) groups excluding carboxylic acids is 1. The number of ether oxygens (including phenoxy) is 1. The van der Waals surface area contributed by atoms with Crippen LogP contribution in [-0.2, 0) is 9.53 Å². The molecule has 0 radical (unpaired) electrons. The topological polar surface area (TPSA) is 49.8 Å². The first kappa shape index (κ1) is 8.68. The Bertz CT molecular complexity index is 268. The summed E-state index contributed by atoms with van der Waals surface area (Å²) in [5.74, 6) is 0.572. The van der Waals surface area contributed by atoms with Gasteiger partial charge >= 0.3 is 0 Å². The van der Waals surface area contributed by atoms with E-state index in [4.69, 9.17) is 4.74 Å². The molecule has 0 aromatic heterocycles. The van der Waals surface area contributed by atoms with Crippen molar-refractivity contribution >= 4 is 5.91 Å². The second-order valence-corrected chi connectivity index (χ2v) is 4.53. The van der Waals surface area contributed by atoms with E-state index in [1.54, 1.807) is 0 Å². The summed E-state index contributed by atoms with van der Waals surface area (Å²) in [6, 6.07) is 0.0295. The molecule has 3 fully saturated rings. The molecule has 78 valence electrons. The molecule has 0 bridgehead atoms. The van der Waals surface area contributed by atoms with Crippen molar-refractivity contribution in [3.05, 3.63) is 0 Å².